The van der Waals surface area contributed by atoms with Gasteiger partial charge in [0.25, 0.3) is 0 Å². The lowest BCUT2D eigenvalue weighted by Gasteiger charge is -2.21. The highest BCUT2D eigenvalue weighted by atomic mass is 16.3. The molecular formula is C57H63N9O3. The molecule has 0 aromatic heterocycles. The number of phenolic OH excluding ortho intramolecular Hbond substituents is 3. The second kappa shape index (κ2) is 27.5. The van der Waals surface area contributed by atoms with Crippen molar-refractivity contribution in [3.63, 3.8) is 0 Å². The molecule has 354 valence electrons. The molecule has 1 aliphatic heterocycles. The molecule has 1 aliphatic carbocycles. The van der Waals surface area contributed by atoms with Crippen molar-refractivity contribution in [2.75, 3.05) is 78.5 Å². The van der Waals surface area contributed by atoms with Gasteiger partial charge in [0, 0.05) is 119 Å². The Morgan fingerprint density at radius 3 is 1.14 bits per heavy atom. The number of allylic oxidation sites excluding steroid dienone is 3. The molecular weight excluding hydrogens is 859 g/mol. The SMILES string of the molecule is Oc1ccccc1CN1CCN=CC2=CC(C=C=C2)C=NCCN(Cc2ccccc2O)CCN=Cc2cccc(c2)C=NCCN(Cc2ccccc2O)CCN=Cc2cccc(c2)C=NCC1. The zero-order valence-corrected chi connectivity index (χ0v) is 39.3. The van der Waals surface area contributed by atoms with Crippen molar-refractivity contribution in [2.45, 2.75) is 19.6 Å². The van der Waals surface area contributed by atoms with Crippen LogP contribution in [0.1, 0.15) is 38.9 Å². The third-order valence-electron chi connectivity index (χ3n) is 11.7. The molecule has 0 saturated carbocycles. The second-order valence-electron chi connectivity index (χ2n) is 17.0. The van der Waals surface area contributed by atoms with Crippen LogP contribution in [-0.4, -0.2) is 146 Å². The molecule has 0 saturated heterocycles. The number of rotatable bonds is 6. The van der Waals surface area contributed by atoms with E-state index < -0.39 is 0 Å². The van der Waals surface area contributed by atoms with Crippen LogP contribution in [0.3, 0.4) is 0 Å². The van der Waals surface area contributed by atoms with Gasteiger partial charge in [0.1, 0.15) is 17.2 Å². The number of benzene rings is 5. The first kappa shape index (κ1) is 49.6. The maximum Gasteiger partial charge on any atom is 0.120 e. The molecule has 0 spiro atoms. The smallest absolute Gasteiger partial charge is 0.120 e. The van der Waals surface area contributed by atoms with E-state index in [1.165, 1.54) is 0 Å². The topological polar surface area (TPSA) is 145 Å². The number of aliphatic imine (C=N–C) groups is 6. The maximum absolute atomic E-state index is 10.6. The van der Waals surface area contributed by atoms with Gasteiger partial charge in [0.15, 0.2) is 0 Å². The lowest BCUT2D eigenvalue weighted by Crippen LogP contribution is -2.29. The Bertz CT molecular complexity index is 2700. The van der Waals surface area contributed by atoms with E-state index in [1.807, 2.05) is 140 Å². The molecule has 5 aromatic rings. The van der Waals surface area contributed by atoms with Gasteiger partial charge in [-0.05, 0) is 70.3 Å². The lowest BCUT2D eigenvalue weighted by atomic mass is 10.0. The molecule has 6 bridgehead atoms. The molecule has 1 heterocycles. The summed E-state index contributed by atoms with van der Waals surface area (Å²) in [7, 11) is 0. The van der Waals surface area contributed by atoms with E-state index >= 15 is 0 Å². The summed E-state index contributed by atoms with van der Waals surface area (Å²) >= 11 is 0. The highest BCUT2D eigenvalue weighted by molar-refractivity contribution is 5.87. The van der Waals surface area contributed by atoms with Crippen LogP contribution >= 0.6 is 0 Å². The molecule has 3 N–H and O–H groups in total. The largest absolute Gasteiger partial charge is 0.508 e. The predicted molar refractivity (Wildman–Crippen MR) is 284 cm³/mol. The van der Waals surface area contributed by atoms with Crippen LogP contribution in [0.25, 0.3) is 0 Å². The van der Waals surface area contributed by atoms with Crippen molar-refractivity contribution in [1.82, 2.24) is 14.7 Å². The Morgan fingerprint density at radius 1 is 0.420 bits per heavy atom. The standard InChI is InChI=1S/C57H63N9O3/c67-55-19-4-1-16-52(55)43-64-28-22-58-37-46-10-7-12-48(34-46)39-60-24-30-65(44-53-17-2-5-20-56(53)68)32-26-62-41-50-14-9-15-51(36-50)42-63-27-33-66(45-54-18-3-6-21-57(54)69)31-25-61-40-49-13-8-11-47(35-49)38-59-23-29-64/h1-8,10-21,34-42,50,67-69H,22-33,43-45H2. The van der Waals surface area contributed by atoms with E-state index in [2.05, 4.69) is 38.6 Å². The normalized spacial score (nSPS) is 17.7. The lowest BCUT2D eigenvalue weighted by molar-refractivity contribution is 0.277. The summed E-state index contributed by atoms with van der Waals surface area (Å²) in [6.45, 7) is 9.41. The van der Waals surface area contributed by atoms with Crippen LogP contribution < -0.4 is 0 Å². The minimum atomic E-state index is -0.00149. The van der Waals surface area contributed by atoms with Gasteiger partial charge in [-0.1, -0.05) is 97.1 Å². The molecule has 0 fully saturated rings. The van der Waals surface area contributed by atoms with Crippen molar-refractivity contribution in [3.05, 3.63) is 190 Å². The van der Waals surface area contributed by atoms with Crippen molar-refractivity contribution < 1.29 is 15.3 Å². The summed E-state index contributed by atoms with van der Waals surface area (Å²) in [5, 5.41) is 31.7. The molecule has 12 heteroatoms. The van der Waals surface area contributed by atoms with Crippen molar-refractivity contribution >= 4 is 37.3 Å². The quantitative estimate of drug-likeness (QED) is 0.147. The first-order chi connectivity index (χ1) is 33.9. The highest BCUT2D eigenvalue weighted by Gasteiger charge is 2.12. The molecule has 7 rings (SSSR count). The first-order valence-electron chi connectivity index (χ1n) is 23.7. The van der Waals surface area contributed by atoms with Gasteiger partial charge >= 0.3 is 0 Å². The fourth-order valence-corrected chi connectivity index (χ4v) is 7.89. The van der Waals surface area contributed by atoms with Gasteiger partial charge in [0.2, 0.25) is 0 Å². The van der Waals surface area contributed by atoms with Crippen molar-refractivity contribution in [1.29, 1.82) is 0 Å². The van der Waals surface area contributed by atoms with Gasteiger partial charge in [-0.3, -0.25) is 44.7 Å². The zero-order valence-electron chi connectivity index (χ0n) is 39.3. The van der Waals surface area contributed by atoms with Crippen LogP contribution in [0.5, 0.6) is 17.2 Å². The molecule has 69 heavy (non-hydrogen) atoms. The number of nitrogens with zero attached hydrogens (tertiary/aromatic N) is 9. The predicted octanol–water partition coefficient (Wildman–Crippen LogP) is 8.11. The van der Waals surface area contributed by atoms with E-state index in [-0.39, 0.29) is 23.2 Å². The summed E-state index contributed by atoms with van der Waals surface area (Å²) in [6, 6.07) is 38.8. The van der Waals surface area contributed by atoms with Crippen LogP contribution in [0, 0.1) is 5.92 Å². The highest BCUT2D eigenvalue weighted by Crippen LogP contribution is 2.20. The summed E-state index contributed by atoms with van der Waals surface area (Å²) in [5.41, 5.74) is 10.8. The average molecular weight is 922 g/mol. The molecule has 0 amide bonds. The molecule has 2 aliphatic rings. The summed E-state index contributed by atoms with van der Waals surface area (Å²) in [6.07, 6.45) is 17.6. The minimum Gasteiger partial charge on any atom is -0.508 e. The van der Waals surface area contributed by atoms with E-state index in [4.69, 9.17) is 30.0 Å². The van der Waals surface area contributed by atoms with E-state index in [1.54, 1.807) is 18.2 Å². The van der Waals surface area contributed by atoms with E-state index in [0.717, 1.165) is 44.5 Å². The van der Waals surface area contributed by atoms with E-state index in [9.17, 15) is 15.3 Å². The zero-order chi connectivity index (χ0) is 47.7. The molecule has 12 nitrogen and oxygen atoms in total. The Morgan fingerprint density at radius 2 is 0.768 bits per heavy atom. The maximum atomic E-state index is 10.6. The van der Waals surface area contributed by atoms with Crippen LogP contribution in [0.15, 0.2) is 181 Å². The van der Waals surface area contributed by atoms with Crippen molar-refractivity contribution in [2.24, 2.45) is 35.9 Å². The first-order valence-corrected chi connectivity index (χ1v) is 23.7. The minimum absolute atomic E-state index is 0.00149. The third kappa shape index (κ3) is 17.4. The van der Waals surface area contributed by atoms with Crippen LogP contribution in [0.4, 0.5) is 0 Å². The molecule has 1 atom stereocenters. The van der Waals surface area contributed by atoms with Gasteiger partial charge in [-0.15, -0.1) is 5.73 Å². The van der Waals surface area contributed by atoms with Crippen LogP contribution in [-0.2, 0) is 19.6 Å². The molecule has 1 unspecified atom stereocenters. The van der Waals surface area contributed by atoms with Gasteiger partial charge in [0.05, 0.1) is 39.3 Å². The van der Waals surface area contributed by atoms with E-state index in [0.29, 0.717) is 98.2 Å². The fraction of sp³-hybridized carbons (Fsp3) is 0.281. The number of hydrogen-bond acceptors (Lipinski definition) is 12. The third-order valence-corrected chi connectivity index (χ3v) is 11.7. The number of fused-ring (bicyclic) bond motifs is 5. The van der Waals surface area contributed by atoms with Crippen LogP contribution in [0.2, 0.25) is 0 Å². The van der Waals surface area contributed by atoms with Gasteiger partial charge in [-0.2, -0.15) is 0 Å². The Balaban J connectivity index is 1.07. The summed E-state index contributed by atoms with van der Waals surface area (Å²) in [5.74, 6) is 0.838. The monoisotopic (exact) mass is 922 g/mol. The number of para-hydroxylation sites is 3. The average Bonchev–Trinajstić information content (AvgIpc) is 3.36. The molecule has 0 radical (unpaired) electrons. The van der Waals surface area contributed by atoms with Crippen molar-refractivity contribution in [3.8, 4) is 17.2 Å². The van der Waals surface area contributed by atoms with Gasteiger partial charge in [-0.25, -0.2) is 0 Å². The Hall–Kier alpha value is -7.34. The number of hydrogen-bond donors (Lipinski definition) is 3. The second-order valence-corrected chi connectivity index (χ2v) is 17.0. The Kier molecular flexibility index (Phi) is 19.7. The van der Waals surface area contributed by atoms with Gasteiger partial charge < -0.3 is 15.3 Å². The summed E-state index contributed by atoms with van der Waals surface area (Å²) < 4.78 is 0. The molecule has 5 aromatic carbocycles. The Labute approximate surface area is 406 Å². The number of phenols is 3. The summed E-state index contributed by atoms with van der Waals surface area (Å²) in [4.78, 5) is 35.6. The fourth-order valence-electron chi connectivity index (χ4n) is 7.89. The number of aromatic hydroxyl groups is 3.